The number of benzene rings is 2. The van der Waals surface area contributed by atoms with E-state index in [0.29, 0.717) is 29.6 Å². The van der Waals surface area contributed by atoms with Crippen LogP contribution in [0.25, 0.3) is 0 Å². The fourth-order valence-electron chi connectivity index (χ4n) is 2.88. The first-order valence-corrected chi connectivity index (χ1v) is 11.4. The van der Waals surface area contributed by atoms with Gasteiger partial charge in [-0.1, -0.05) is 25.4 Å². The van der Waals surface area contributed by atoms with Crippen LogP contribution >= 0.6 is 11.6 Å². The van der Waals surface area contributed by atoms with E-state index in [1.165, 1.54) is 29.6 Å². The average molecular weight is 455 g/mol. The Morgan fingerprint density at radius 1 is 1.13 bits per heavy atom. The van der Waals surface area contributed by atoms with Crippen molar-refractivity contribution >= 4 is 33.2 Å². The highest BCUT2D eigenvalue weighted by Crippen LogP contribution is 2.29. The molecule has 0 aliphatic carbocycles. The van der Waals surface area contributed by atoms with Crippen molar-refractivity contribution < 1.29 is 22.7 Å². The molecule has 30 heavy (non-hydrogen) atoms. The lowest BCUT2D eigenvalue weighted by Gasteiger charge is -2.20. The summed E-state index contributed by atoms with van der Waals surface area (Å²) in [7, 11) is -2.24. The zero-order valence-corrected chi connectivity index (χ0v) is 19.3. The molecule has 0 heterocycles. The van der Waals surface area contributed by atoms with Crippen molar-refractivity contribution in [2.45, 2.75) is 38.7 Å². The number of anilines is 1. The Balaban J connectivity index is 2.26. The second kappa shape index (κ2) is 10.1. The molecule has 0 saturated carbocycles. The first kappa shape index (κ1) is 24.0. The number of amides is 1. The van der Waals surface area contributed by atoms with E-state index in [1.807, 2.05) is 6.92 Å². The minimum atomic E-state index is -3.68. The number of nitrogens with one attached hydrogen (secondary N) is 1. The van der Waals surface area contributed by atoms with Crippen molar-refractivity contribution in [3.8, 4) is 11.5 Å². The number of halogens is 1. The van der Waals surface area contributed by atoms with Gasteiger partial charge in [-0.2, -0.15) is 4.31 Å². The molecule has 1 atom stereocenters. The Bertz CT molecular complexity index is 1010. The van der Waals surface area contributed by atoms with E-state index >= 15 is 0 Å². The number of aryl methyl sites for hydroxylation is 1. The third kappa shape index (κ3) is 5.44. The molecule has 0 spiro atoms. The molecule has 0 aliphatic rings. The van der Waals surface area contributed by atoms with Crippen LogP contribution in [0.4, 0.5) is 5.69 Å². The van der Waals surface area contributed by atoms with Crippen molar-refractivity contribution in [3.05, 3.63) is 47.0 Å². The van der Waals surface area contributed by atoms with Crippen LogP contribution in [-0.4, -0.2) is 44.9 Å². The number of sulfonamides is 1. The van der Waals surface area contributed by atoms with Crippen LogP contribution in [0, 0.1) is 6.92 Å². The predicted octanol–water partition coefficient (Wildman–Crippen LogP) is 4.09. The third-order valence-corrected chi connectivity index (χ3v) is 6.86. The molecule has 164 valence electrons. The number of rotatable bonds is 9. The van der Waals surface area contributed by atoms with Crippen molar-refractivity contribution in [1.82, 2.24) is 4.31 Å². The van der Waals surface area contributed by atoms with Gasteiger partial charge in [0.25, 0.3) is 5.91 Å². The zero-order chi connectivity index (χ0) is 22.5. The van der Waals surface area contributed by atoms with Gasteiger partial charge in [-0.15, -0.1) is 0 Å². The van der Waals surface area contributed by atoms with E-state index in [9.17, 15) is 13.2 Å². The Labute approximate surface area is 183 Å². The Morgan fingerprint density at radius 3 is 2.33 bits per heavy atom. The molecule has 9 heteroatoms. The molecule has 0 fully saturated rings. The standard InChI is InChI=1S/C21H27ClN2O5S/c1-6-24(7-2)30(26,27)17-9-11-20(28-5)18(13-17)23-21(25)15(4)29-19-10-8-16(22)12-14(19)3/h8-13,15H,6-7H2,1-5H3,(H,23,25). The van der Waals surface area contributed by atoms with Crippen molar-refractivity contribution in [2.24, 2.45) is 0 Å². The molecular formula is C21H27ClN2O5S. The minimum absolute atomic E-state index is 0.0735. The largest absolute Gasteiger partial charge is 0.495 e. The van der Waals surface area contributed by atoms with Gasteiger partial charge in [0.2, 0.25) is 10.0 Å². The summed E-state index contributed by atoms with van der Waals surface area (Å²) in [5.74, 6) is 0.434. The van der Waals surface area contributed by atoms with Gasteiger partial charge >= 0.3 is 0 Å². The second-order valence-electron chi connectivity index (χ2n) is 6.61. The van der Waals surface area contributed by atoms with Crippen molar-refractivity contribution in [1.29, 1.82) is 0 Å². The van der Waals surface area contributed by atoms with E-state index in [0.717, 1.165) is 5.56 Å². The molecular weight excluding hydrogens is 428 g/mol. The van der Waals surface area contributed by atoms with Crippen molar-refractivity contribution in [3.63, 3.8) is 0 Å². The van der Waals surface area contributed by atoms with Gasteiger partial charge in [0.1, 0.15) is 11.5 Å². The summed E-state index contributed by atoms with van der Waals surface area (Å²) in [6.45, 7) is 7.66. The van der Waals surface area contributed by atoms with Crippen LogP contribution in [0.15, 0.2) is 41.3 Å². The average Bonchev–Trinajstić information content (AvgIpc) is 2.70. The smallest absolute Gasteiger partial charge is 0.265 e. The molecule has 1 amide bonds. The van der Waals surface area contributed by atoms with Gasteiger partial charge in [-0.05, 0) is 55.8 Å². The maximum atomic E-state index is 12.8. The molecule has 0 saturated heterocycles. The van der Waals surface area contributed by atoms with E-state index in [4.69, 9.17) is 21.1 Å². The molecule has 2 aromatic carbocycles. The number of hydrogen-bond acceptors (Lipinski definition) is 5. The SMILES string of the molecule is CCN(CC)S(=O)(=O)c1ccc(OC)c(NC(=O)C(C)Oc2ccc(Cl)cc2C)c1. The molecule has 2 rings (SSSR count). The summed E-state index contributed by atoms with van der Waals surface area (Å²) < 4.78 is 38.0. The van der Waals surface area contributed by atoms with Crippen molar-refractivity contribution in [2.75, 3.05) is 25.5 Å². The lowest BCUT2D eigenvalue weighted by atomic mass is 10.2. The van der Waals surface area contributed by atoms with Crippen LogP contribution in [0.1, 0.15) is 26.3 Å². The van der Waals surface area contributed by atoms with Gasteiger partial charge in [0.05, 0.1) is 17.7 Å². The van der Waals surface area contributed by atoms with Gasteiger partial charge in [0.15, 0.2) is 6.10 Å². The Kier molecular flexibility index (Phi) is 8.11. The molecule has 0 aliphatic heterocycles. The van der Waals surface area contributed by atoms with Crippen LogP contribution in [0.3, 0.4) is 0 Å². The number of hydrogen-bond donors (Lipinski definition) is 1. The number of methoxy groups -OCH3 is 1. The van der Waals surface area contributed by atoms with E-state index < -0.39 is 22.0 Å². The molecule has 0 radical (unpaired) electrons. The number of carbonyl (C=O) groups excluding carboxylic acids is 1. The van der Waals surface area contributed by atoms with Crippen LogP contribution in [-0.2, 0) is 14.8 Å². The van der Waals surface area contributed by atoms with E-state index in [-0.39, 0.29) is 10.6 Å². The monoisotopic (exact) mass is 454 g/mol. The summed E-state index contributed by atoms with van der Waals surface area (Å²) in [6.07, 6.45) is -0.836. The molecule has 1 N–H and O–H groups in total. The maximum Gasteiger partial charge on any atom is 0.265 e. The maximum absolute atomic E-state index is 12.8. The number of carbonyl (C=O) groups is 1. The highest BCUT2D eigenvalue weighted by atomic mass is 35.5. The lowest BCUT2D eigenvalue weighted by Crippen LogP contribution is -2.31. The third-order valence-electron chi connectivity index (χ3n) is 4.58. The van der Waals surface area contributed by atoms with Crippen LogP contribution < -0.4 is 14.8 Å². The van der Waals surface area contributed by atoms with E-state index in [2.05, 4.69) is 5.32 Å². The highest BCUT2D eigenvalue weighted by Gasteiger charge is 2.24. The van der Waals surface area contributed by atoms with Gasteiger partial charge in [-0.25, -0.2) is 8.42 Å². The Morgan fingerprint density at radius 2 is 1.77 bits per heavy atom. The molecule has 1 unspecified atom stereocenters. The normalized spacial score (nSPS) is 12.5. The Hall–Kier alpha value is -2.29. The second-order valence-corrected chi connectivity index (χ2v) is 8.98. The highest BCUT2D eigenvalue weighted by molar-refractivity contribution is 7.89. The van der Waals surface area contributed by atoms with Gasteiger partial charge in [-0.3, -0.25) is 4.79 Å². The first-order chi connectivity index (χ1) is 14.1. The molecule has 7 nitrogen and oxygen atoms in total. The zero-order valence-electron chi connectivity index (χ0n) is 17.7. The minimum Gasteiger partial charge on any atom is -0.495 e. The fourth-order valence-corrected chi connectivity index (χ4v) is 4.59. The summed E-state index contributed by atoms with van der Waals surface area (Å²) in [4.78, 5) is 12.8. The van der Waals surface area contributed by atoms with Gasteiger partial charge in [0, 0.05) is 18.1 Å². The van der Waals surface area contributed by atoms with Crippen LogP contribution in [0.5, 0.6) is 11.5 Å². The number of nitrogens with zero attached hydrogens (tertiary/aromatic N) is 1. The molecule has 0 aromatic heterocycles. The fraction of sp³-hybridized carbons (Fsp3) is 0.381. The topological polar surface area (TPSA) is 84.9 Å². The quantitative estimate of drug-likeness (QED) is 0.616. The van der Waals surface area contributed by atoms with Gasteiger partial charge < -0.3 is 14.8 Å². The summed E-state index contributed by atoms with van der Waals surface area (Å²) >= 11 is 5.95. The first-order valence-electron chi connectivity index (χ1n) is 9.55. The summed E-state index contributed by atoms with van der Waals surface area (Å²) in [6, 6.07) is 9.48. The summed E-state index contributed by atoms with van der Waals surface area (Å²) in [5.41, 5.74) is 1.05. The van der Waals surface area contributed by atoms with E-state index in [1.54, 1.807) is 39.0 Å². The van der Waals surface area contributed by atoms with Crippen LogP contribution in [0.2, 0.25) is 5.02 Å². The predicted molar refractivity (Wildman–Crippen MR) is 118 cm³/mol. The molecule has 0 bridgehead atoms. The summed E-state index contributed by atoms with van der Waals surface area (Å²) in [5, 5.41) is 3.28. The molecule has 2 aromatic rings. The lowest BCUT2D eigenvalue weighted by molar-refractivity contribution is -0.122. The number of ether oxygens (including phenoxy) is 2.